The lowest BCUT2D eigenvalue weighted by molar-refractivity contribution is 0.0520. The number of nitrogens with zero attached hydrogens (tertiary/aromatic N) is 3. The molecule has 2 aromatic carbocycles. The molecule has 0 aliphatic heterocycles. The van der Waals surface area contributed by atoms with Gasteiger partial charge in [0.05, 0.1) is 35.1 Å². The van der Waals surface area contributed by atoms with Crippen molar-refractivity contribution >= 4 is 33.7 Å². The molecule has 0 amide bonds. The molecule has 26 heavy (non-hydrogen) atoms. The van der Waals surface area contributed by atoms with Gasteiger partial charge < -0.3 is 9.84 Å². The molecule has 0 spiro atoms. The third kappa shape index (κ3) is 2.39. The largest absolute Gasteiger partial charge is 0.478 e. The van der Waals surface area contributed by atoms with Crippen LogP contribution in [0.2, 0.25) is 0 Å². The molecule has 0 aliphatic rings. The Morgan fingerprint density at radius 3 is 2.62 bits per heavy atom. The fourth-order valence-electron chi connectivity index (χ4n) is 2.94. The van der Waals surface area contributed by atoms with E-state index in [9.17, 15) is 9.59 Å². The van der Waals surface area contributed by atoms with Gasteiger partial charge >= 0.3 is 11.9 Å². The lowest BCUT2D eigenvalue weighted by Crippen LogP contribution is -2.07. The lowest BCUT2D eigenvalue weighted by atomic mass is 10.1. The fourth-order valence-corrected chi connectivity index (χ4v) is 2.94. The van der Waals surface area contributed by atoms with Gasteiger partial charge in [-0.1, -0.05) is 0 Å². The number of aromatic carboxylic acids is 1. The van der Waals surface area contributed by atoms with Gasteiger partial charge in [-0.2, -0.15) is 10.2 Å². The van der Waals surface area contributed by atoms with E-state index in [-0.39, 0.29) is 12.2 Å². The molecule has 0 fully saturated rings. The maximum absolute atomic E-state index is 12.3. The van der Waals surface area contributed by atoms with Gasteiger partial charge in [-0.15, -0.1) is 0 Å². The quantitative estimate of drug-likeness (QED) is 0.548. The van der Waals surface area contributed by atoms with Gasteiger partial charge in [-0.3, -0.25) is 9.78 Å². The first-order chi connectivity index (χ1) is 12.6. The molecule has 4 rings (SSSR count). The van der Waals surface area contributed by atoms with E-state index in [0.29, 0.717) is 22.3 Å². The summed E-state index contributed by atoms with van der Waals surface area (Å²) in [6.45, 7) is 2.00. The van der Waals surface area contributed by atoms with Crippen LogP contribution in [0.5, 0.6) is 0 Å². The molecule has 2 heterocycles. The number of carbonyl (C=O) groups is 2. The summed E-state index contributed by atoms with van der Waals surface area (Å²) in [6, 6.07) is 9.91. The highest BCUT2D eigenvalue weighted by Gasteiger charge is 2.20. The second-order valence-corrected chi connectivity index (χ2v) is 5.63. The third-order valence-electron chi connectivity index (χ3n) is 4.11. The van der Waals surface area contributed by atoms with Gasteiger partial charge in [0.1, 0.15) is 5.69 Å². The Kier molecular flexibility index (Phi) is 3.65. The molecule has 2 N–H and O–H groups in total. The molecular formula is C18H14N4O4. The summed E-state index contributed by atoms with van der Waals surface area (Å²) in [5.41, 5.74) is 2.58. The predicted molar refractivity (Wildman–Crippen MR) is 93.6 cm³/mol. The van der Waals surface area contributed by atoms with E-state index in [1.54, 1.807) is 42.1 Å². The summed E-state index contributed by atoms with van der Waals surface area (Å²) in [5, 5.41) is 21.6. The molecular weight excluding hydrogens is 336 g/mol. The number of carbonyl (C=O) groups excluding carboxylic acids is 1. The summed E-state index contributed by atoms with van der Waals surface area (Å²) in [7, 11) is 0. The predicted octanol–water partition coefficient (Wildman–Crippen LogP) is 2.78. The first-order valence-electron chi connectivity index (χ1n) is 7.96. The van der Waals surface area contributed by atoms with Crippen LogP contribution in [-0.4, -0.2) is 43.6 Å². The van der Waals surface area contributed by atoms with Crippen molar-refractivity contribution in [2.75, 3.05) is 6.61 Å². The summed E-state index contributed by atoms with van der Waals surface area (Å²) in [4.78, 5) is 23.4. The zero-order valence-corrected chi connectivity index (χ0v) is 13.8. The number of fused-ring (bicyclic) bond motifs is 3. The van der Waals surface area contributed by atoms with Gasteiger partial charge in [0.15, 0.2) is 0 Å². The first kappa shape index (κ1) is 15.8. The van der Waals surface area contributed by atoms with Gasteiger partial charge in [-0.05, 0) is 43.3 Å². The Morgan fingerprint density at radius 2 is 1.92 bits per heavy atom. The van der Waals surface area contributed by atoms with E-state index in [2.05, 4.69) is 15.3 Å². The zero-order chi connectivity index (χ0) is 18.3. The molecule has 0 radical (unpaired) electrons. The number of ether oxygens (including phenoxy) is 1. The SMILES string of the molecule is CCOC(=O)c1[nH]n(-c2ccc(C(=O)O)cc2)c2c1ccc1nncc12. The minimum Gasteiger partial charge on any atom is -0.478 e. The average molecular weight is 350 g/mol. The smallest absolute Gasteiger partial charge is 0.356 e. The van der Waals surface area contributed by atoms with Crippen LogP contribution in [0.25, 0.3) is 27.5 Å². The highest BCUT2D eigenvalue weighted by atomic mass is 16.5. The maximum Gasteiger partial charge on any atom is 0.356 e. The number of rotatable bonds is 4. The van der Waals surface area contributed by atoms with E-state index in [0.717, 1.165) is 10.9 Å². The van der Waals surface area contributed by atoms with Crippen LogP contribution in [0.1, 0.15) is 27.8 Å². The Hall–Kier alpha value is -3.68. The van der Waals surface area contributed by atoms with E-state index in [4.69, 9.17) is 9.84 Å². The van der Waals surface area contributed by atoms with Crippen molar-refractivity contribution in [3.63, 3.8) is 0 Å². The standard InChI is InChI=1S/C18H14N4O4/c1-2-26-18(25)15-12-7-8-14-13(9-19-20-14)16(12)22(21-15)11-5-3-10(4-6-11)17(23)24/h3-9,21H,2H2,1H3,(H,23,24). The Balaban J connectivity index is 1.99. The molecule has 8 heteroatoms. The Bertz CT molecular complexity index is 1140. The first-order valence-corrected chi connectivity index (χ1v) is 7.96. The van der Waals surface area contributed by atoms with Gasteiger partial charge in [0.25, 0.3) is 0 Å². The topological polar surface area (TPSA) is 110 Å². The average Bonchev–Trinajstić information content (AvgIpc) is 3.26. The molecule has 4 aromatic rings. The number of H-pyrrole nitrogens is 1. The van der Waals surface area contributed by atoms with Crippen LogP contribution in [0.15, 0.2) is 42.6 Å². The number of hydrogen-bond acceptors (Lipinski definition) is 5. The highest BCUT2D eigenvalue weighted by molar-refractivity contribution is 6.11. The van der Waals surface area contributed by atoms with Crippen LogP contribution >= 0.6 is 0 Å². The van der Waals surface area contributed by atoms with Crippen molar-refractivity contribution in [3.8, 4) is 5.69 Å². The number of nitrogens with one attached hydrogen (secondary N) is 1. The van der Waals surface area contributed by atoms with E-state index >= 15 is 0 Å². The lowest BCUT2D eigenvalue weighted by Gasteiger charge is -2.06. The van der Waals surface area contributed by atoms with Gasteiger partial charge in [0.2, 0.25) is 0 Å². The van der Waals surface area contributed by atoms with Crippen LogP contribution in [0, 0.1) is 0 Å². The number of carboxylic acid groups (broad SMARTS) is 1. The molecule has 130 valence electrons. The Labute approximate surface area is 147 Å². The van der Waals surface area contributed by atoms with Crippen molar-refractivity contribution in [1.29, 1.82) is 0 Å². The van der Waals surface area contributed by atoms with Crippen molar-refractivity contribution in [2.24, 2.45) is 0 Å². The minimum atomic E-state index is -1.00. The Morgan fingerprint density at radius 1 is 1.15 bits per heavy atom. The maximum atomic E-state index is 12.3. The summed E-state index contributed by atoms with van der Waals surface area (Å²) >= 11 is 0. The fraction of sp³-hybridized carbons (Fsp3) is 0.111. The molecule has 0 bridgehead atoms. The van der Waals surface area contributed by atoms with Crippen LogP contribution in [0.4, 0.5) is 0 Å². The molecule has 0 saturated carbocycles. The zero-order valence-electron chi connectivity index (χ0n) is 13.8. The number of esters is 1. The molecule has 8 nitrogen and oxygen atoms in total. The molecule has 0 atom stereocenters. The van der Waals surface area contributed by atoms with E-state index < -0.39 is 11.9 Å². The van der Waals surface area contributed by atoms with Crippen molar-refractivity contribution in [2.45, 2.75) is 6.92 Å². The summed E-state index contributed by atoms with van der Waals surface area (Å²) in [6.07, 6.45) is 1.63. The summed E-state index contributed by atoms with van der Waals surface area (Å²) in [5.74, 6) is -1.47. The van der Waals surface area contributed by atoms with Crippen molar-refractivity contribution in [1.82, 2.24) is 20.0 Å². The number of carboxylic acids is 1. The highest BCUT2D eigenvalue weighted by Crippen LogP contribution is 2.29. The normalized spacial score (nSPS) is 11.1. The second kappa shape index (κ2) is 5.99. The number of aromatic amines is 1. The number of aromatic nitrogens is 4. The van der Waals surface area contributed by atoms with Crippen LogP contribution < -0.4 is 0 Å². The molecule has 2 aromatic heterocycles. The van der Waals surface area contributed by atoms with Gasteiger partial charge in [0, 0.05) is 10.8 Å². The number of hydrogen-bond donors (Lipinski definition) is 2. The van der Waals surface area contributed by atoms with Crippen molar-refractivity contribution in [3.05, 3.63) is 53.9 Å². The monoisotopic (exact) mass is 350 g/mol. The number of benzene rings is 2. The van der Waals surface area contributed by atoms with Crippen LogP contribution in [0.3, 0.4) is 0 Å². The molecule has 0 saturated heterocycles. The summed E-state index contributed by atoms with van der Waals surface area (Å²) < 4.78 is 6.84. The molecule has 0 unspecified atom stereocenters. The van der Waals surface area contributed by atoms with Crippen molar-refractivity contribution < 1.29 is 19.4 Å². The van der Waals surface area contributed by atoms with Gasteiger partial charge in [-0.25, -0.2) is 9.59 Å². The molecule has 0 aliphatic carbocycles. The second-order valence-electron chi connectivity index (χ2n) is 5.63. The van der Waals surface area contributed by atoms with E-state index in [1.165, 1.54) is 12.1 Å². The van der Waals surface area contributed by atoms with E-state index in [1.807, 2.05) is 0 Å². The third-order valence-corrected chi connectivity index (χ3v) is 4.11. The minimum absolute atomic E-state index is 0.178. The van der Waals surface area contributed by atoms with Crippen LogP contribution in [-0.2, 0) is 4.74 Å².